The Balaban J connectivity index is -0.0000000700. The summed E-state index contributed by atoms with van der Waals surface area (Å²) in [7, 11) is 0. The van der Waals surface area contributed by atoms with Crippen molar-refractivity contribution in [1.29, 1.82) is 0 Å². The second-order valence-corrected chi connectivity index (χ2v) is 5.03. The summed E-state index contributed by atoms with van der Waals surface area (Å²) >= 11 is 2.30. The number of nitrogens with zero attached hydrogens (tertiary/aromatic N) is 1. The van der Waals surface area contributed by atoms with Gasteiger partial charge in [0, 0.05) is 9.26 Å². The van der Waals surface area contributed by atoms with E-state index in [-0.39, 0.29) is 110 Å². The molecule has 0 fully saturated rings. The Morgan fingerprint density at radius 1 is 0.957 bits per heavy atom. The number of halogens is 2. The second kappa shape index (κ2) is 23.7. The number of nitrogen functional groups attached to an aromatic ring is 1. The predicted molar refractivity (Wildman–Crippen MR) is 92.3 cm³/mol. The number of anilines is 1. The van der Waals surface area contributed by atoms with Crippen LogP contribution in [0.2, 0.25) is 0 Å². The third-order valence-corrected chi connectivity index (χ3v) is 2.81. The molecule has 118 valence electrons. The minimum atomic E-state index is 0. The Labute approximate surface area is 232 Å². The van der Waals surface area contributed by atoms with E-state index in [9.17, 15) is 0 Å². The summed E-state index contributed by atoms with van der Waals surface area (Å²) in [6, 6.07) is 16.2. The van der Waals surface area contributed by atoms with Crippen LogP contribution in [0.25, 0.3) is 0 Å². The van der Waals surface area contributed by atoms with Crippen LogP contribution in [0.15, 0.2) is 53.9 Å². The summed E-state index contributed by atoms with van der Waals surface area (Å²) in [5, 5.41) is 9.00. The molecule has 0 aromatic heterocycles. The average molecular weight is 578 g/mol. The van der Waals surface area contributed by atoms with Crippen LogP contribution in [0.3, 0.4) is 0 Å². The Hall–Kier alpha value is 1.70. The molecule has 0 spiro atoms. The van der Waals surface area contributed by atoms with Gasteiger partial charge in [-0.1, -0.05) is 35.4 Å². The molecule has 9 heteroatoms. The van der Waals surface area contributed by atoms with Crippen molar-refractivity contribution in [2.45, 2.75) is 13.8 Å². The zero-order valence-electron chi connectivity index (χ0n) is 13.7. The maximum absolute atomic E-state index is 8.00. The van der Waals surface area contributed by atoms with Gasteiger partial charge in [-0.3, -0.25) is 0 Å². The van der Waals surface area contributed by atoms with Crippen LogP contribution in [0.5, 0.6) is 0 Å². The maximum atomic E-state index is 8.00. The summed E-state index contributed by atoms with van der Waals surface area (Å²) in [6.07, 6.45) is 0. The molecule has 23 heavy (non-hydrogen) atoms. The van der Waals surface area contributed by atoms with Crippen LogP contribution in [0.4, 0.5) is 5.69 Å². The van der Waals surface area contributed by atoms with Crippen molar-refractivity contribution in [1.82, 2.24) is 0 Å². The first-order valence-electron chi connectivity index (χ1n) is 5.49. The summed E-state index contributed by atoms with van der Waals surface area (Å²) in [6.45, 7) is 4.13. The largest absolute Gasteiger partial charge is 1.00 e. The molecule has 0 radical (unpaired) electrons. The van der Waals surface area contributed by atoms with Crippen LogP contribution in [0.1, 0.15) is 11.1 Å². The van der Waals surface area contributed by atoms with E-state index < -0.39 is 0 Å². The molecule has 0 aliphatic heterocycles. The number of aryl methyl sites for hydroxylation is 2. The molecule has 2 aromatic carbocycles. The van der Waals surface area contributed by atoms with E-state index in [1.807, 2.05) is 31.2 Å². The maximum Gasteiger partial charge on any atom is 1.00 e. The summed E-state index contributed by atoms with van der Waals surface area (Å²) in [5.74, 6) is 0. The van der Waals surface area contributed by atoms with Crippen molar-refractivity contribution in [2.24, 2.45) is 5.34 Å². The van der Waals surface area contributed by atoms with Gasteiger partial charge in [0.2, 0.25) is 0 Å². The van der Waals surface area contributed by atoms with Gasteiger partial charge in [0.15, 0.2) is 0 Å². The molecular formula is C14H18I2KN2NaO3. The van der Waals surface area contributed by atoms with Crippen LogP contribution < -0.4 is 111 Å². The van der Waals surface area contributed by atoms with Crippen molar-refractivity contribution >= 4 is 28.3 Å². The Kier molecular flexibility index (Phi) is 36.8. The summed E-state index contributed by atoms with van der Waals surface area (Å²) in [5.41, 5.74) is 8.83. The topological polar surface area (TPSA) is 110 Å². The van der Waals surface area contributed by atoms with E-state index in [4.69, 9.17) is 15.8 Å². The van der Waals surface area contributed by atoms with Gasteiger partial charge in [-0.05, 0) is 60.7 Å². The van der Waals surface area contributed by atoms with Gasteiger partial charge in [-0.25, -0.2) is 0 Å². The van der Waals surface area contributed by atoms with Crippen LogP contribution >= 0.6 is 22.6 Å². The van der Waals surface area contributed by atoms with E-state index in [0.717, 1.165) is 11.0 Å². The zero-order valence-corrected chi connectivity index (χ0v) is 23.2. The summed E-state index contributed by atoms with van der Waals surface area (Å²) in [4.78, 5) is 8.00. The number of nitrogens with two attached hydrogens (primary N) is 1. The molecule has 0 heterocycles. The van der Waals surface area contributed by atoms with E-state index in [0.29, 0.717) is 0 Å². The molecule has 0 aliphatic carbocycles. The molecule has 2 aromatic rings. The van der Waals surface area contributed by atoms with E-state index in [2.05, 4.69) is 53.8 Å². The smallest absolute Gasteiger partial charge is 1.00 e. The molecular weight excluding hydrogens is 560 g/mol. The fraction of sp³-hybridized carbons (Fsp3) is 0.143. The number of benzene rings is 2. The SMILES string of the molecule is Cc1ccc(I)cc1.Cc1ccc(N)cc1.O.O=N[O-].[I-].[K+].[Na+]. The first kappa shape index (κ1) is 35.7. The average Bonchev–Trinajstić information content (AvgIpc) is 2.38. The molecule has 4 N–H and O–H groups in total. The Morgan fingerprint density at radius 3 is 1.43 bits per heavy atom. The normalized spacial score (nSPS) is 6.91. The van der Waals surface area contributed by atoms with Crippen LogP contribution in [-0.4, -0.2) is 5.48 Å². The quantitative estimate of drug-likeness (QED) is 0.111. The minimum absolute atomic E-state index is 0. The second-order valence-electron chi connectivity index (χ2n) is 3.78. The Morgan fingerprint density at radius 2 is 1.22 bits per heavy atom. The summed E-state index contributed by atoms with van der Waals surface area (Å²) < 4.78 is 1.30. The molecule has 0 saturated carbocycles. The number of rotatable bonds is 0. The van der Waals surface area contributed by atoms with Gasteiger partial charge in [-0.15, -0.1) is 5.34 Å². The fourth-order valence-corrected chi connectivity index (χ4v) is 1.46. The van der Waals surface area contributed by atoms with Gasteiger partial charge in [0.25, 0.3) is 0 Å². The molecule has 0 bridgehead atoms. The van der Waals surface area contributed by atoms with Gasteiger partial charge >= 0.3 is 80.9 Å². The van der Waals surface area contributed by atoms with Gasteiger partial charge < -0.3 is 45.3 Å². The monoisotopic (exact) mass is 578 g/mol. The van der Waals surface area contributed by atoms with E-state index in [1.165, 1.54) is 14.7 Å². The standard InChI is InChI=1S/C7H7I.C7H9N.HI.K.HNO2.Na.H2O/c2*1-6-2-4-7(8)5-3-6;;;2-1-3;;/h2-5H,1H3;2-5H,8H2,1H3;1H;;(H,2,3);;1H2/q;;;+1;;+1;/p-2. The molecule has 2 rings (SSSR count). The molecule has 0 unspecified atom stereocenters. The Bertz CT molecular complexity index is 403. The van der Waals surface area contributed by atoms with Crippen LogP contribution in [0, 0.1) is 27.5 Å². The van der Waals surface area contributed by atoms with Crippen molar-refractivity contribution < 1.29 is 110 Å². The van der Waals surface area contributed by atoms with Crippen molar-refractivity contribution in [3.63, 3.8) is 0 Å². The van der Waals surface area contributed by atoms with E-state index >= 15 is 0 Å². The third-order valence-electron chi connectivity index (χ3n) is 2.09. The molecule has 0 amide bonds. The van der Waals surface area contributed by atoms with Crippen LogP contribution in [-0.2, 0) is 0 Å². The van der Waals surface area contributed by atoms with Crippen molar-refractivity contribution in [3.05, 3.63) is 73.3 Å². The third kappa shape index (κ3) is 23.7. The molecule has 0 saturated heterocycles. The first-order chi connectivity index (χ1) is 8.99. The fourth-order valence-electron chi connectivity index (χ4n) is 1.10. The van der Waals surface area contributed by atoms with Gasteiger partial charge in [0.1, 0.15) is 0 Å². The van der Waals surface area contributed by atoms with Gasteiger partial charge in [0.05, 0.1) is 0 Å². The van der Waals surface area contributed by atoms with E-state index in [1.54, 1.807) is 0 Å². The van der Waals surface area contributed by atoms with Gasteiger partial charge in [-0.2, -0.15) is 0 Å². The zero-order chi connectivity index (χ0) is 14.7. The molecule has 0 aliphatic rings. The first-order valence-corrected chi connectivity index (χ1v) is 6.56. The minimum Gasteiger partial charge on any atom is -1.00 e. The van der Waals surface area contributed by atoms with Crippen molar-refractivity contribution in [3.8, 4) is 0 Å². The predicted octanol–water partition coefficient (Wildman–Crippen LogP) is -5.39. The van der Waals surface area contributed by atoms with Crippen molar-refractivity contribution in [2.75, 3.05) is 5.73 Å². The molecule has 0 atom stereocenters. The molecule has 5 nitrogen and oxygen atoms in total. The number of hydrogen-bond donors (Lipinski definition) is 1. The number of hydrogen-bond acceptors (Lipinski definition) is 4.